The predicted molar refractivity (Wildman–Crippen MR) is 82.8 cm³/mol. The summed E-state index contributed by atoms with van der Waals surface area (Å²) in [6, 6.07) is 8.82. The molecule has 20 heavy (non-hydrogen) atoms. The van der Waals surface area contributed by atoms with Crippen LogP contribution in [0.25, 0.3) is 0 Å². The summed E-state index contributed by atoms with van der Waals surface area (Å²) in [5.74, 6) is 0.540. The first-order valence-electron chi connectivity index (χ1n) is 7.45. The average molecular weight is 277 g/mol. The second kappa shape index (κ2) is 8.75. The fourth-order valence-corrected chi connectivity index (χ4v) is 2.26. The van der Waals surface area contributed by atoms with Gasteiger partial charge in [0.1, 0.15) is 0 Å². The normalized spacial score (nSPS) is 12.4. The van der Waals surface area contributed by atoms with Gasteiger partial charge in [-0.3, -0.25) is 4.79 Å². The average Bonchev–Trinajstić information content (AvgIpc) is 2.40. The number of esters is 1. The van der Waals surface area contributed by atoms with Crippen molar-refractivity contribution in [2.45, 2.75) is 46.1 Å². The number of benzene rings is 1. The van der Waals surface area contributed by atoms with E-state index in [1.54, 1.807) is 0 Å². The summed E-state index contributed by atoms with van der Waals surface area (Å²) in [6.07, 6.45) is 2.37. The van der Waals surface area contributed by atoms with Crippen molar-refractivity contribution in [3.05, 3.63) is 35.4 Å². The van der Waals surface area contributed by atoms with E-state index >= 15 is 0 Å². The van der Waals surface area contributed by atoms with Crippen LogP contribution in [0, 0.1) is 5.92 Å². The largest absolute Gasteiger partial charge is 0.466 e. The molecule has 1 aromatic carbocycles. The van der Waals surface area contributed by atoms with Crippen molar-refractivity contribution in [2.75, 3.05) is 13.7 Å². The lowest BCUT2D eigenvalue weighted by molar-refractivity contribution is -0.143. The highest BCUT2D eigenvalue weighted by Crippen LogP contribution is 2.12. The summed E-state index contributed by atoms with van der Waals surface area (Å²) in [4.78, 5) is 11.5. The third kappa shape index (κ3) is 6.20. The maximum absolute atomic E-state index is 11.5. The predicted octanol–water partition coefficient (Wildman–Crippen LogP) is 2.97. The van der Waals surface area contributed by atoms with Gasteiger partial charge in [0, 0.05) is 6.04 Å². The maximum atomic E-state index is 11.5. The SMILES string of the molecule is CCOC(=O)CC(Cc1ccc(CC(C)C)cc1)NC. The Morgan fingerprint density at radius 2 is 1.70 bits per heavy atom. The van der Waals surface area contributed by atoms with E-state index in [4.69, 9.17) is 4.74 Å². The van der Waals surface area contributed by atoms with Crippen molar-refractivity contribution >= 4 is 5.97 Å². The molecular formula is C17H27NO2. The Morgan fingerprint density at radius 1 is 1.15 bits per heavy atom. The molecule has 1 unspecified atom stereocenters. The zero-order chi connectivity index (χ0) is 15.0. The highest BCUT2D eigenvalue weighted by Gasteiger charge is 2.13. The molecule has 0 aliphatic rings. The molecule has 1 rings (SSSR count). The Labute approximate surface area is 122 Å². The summed E-state index contributed by atoms with van der Waals surface area (Å²) in [6.45, 7) is 6.73. The van der Waals surface area contributed by atoms with E-state index in [1.807, 2.05) is 14.0 Å². The number of likely N-dealkylation sites (N-methyl/N-ethyl adjacent to an activating group) is 1. The van der Waals surface area contributed by atoms with Crippen molar-refractivity contribution in [1.29, 1.82) is 0 Å². The second-order valence-corrected chi connectivity index (χ2v) is 5.61. The fourth-order valence-electron chi connectivity index (χ4n) is 2.26. The smallest absolute Gasteiger partial charge is 0.307 e. The zero-order valence-corrected chi connectivity index (χ0v) is 13.1. The molecule has 0 amide bonds. The van der Waals surface area contributed by atoms with Gasteiger partial charge in [-0.2, -0.15) is 0 Å². The molecule has 0 aromatic heterocycles. The molecule has 3 heteroatoms. The van der Waals surface area contributed by atoms with Crippen molar-refractivity contribution in [3.8, 4) is 0 Å². The first-order valence-corrected chi connectivity index (χ1v) is 7.45. The van der Waals surface area contributed by atoms with Gasteiger partial charge in [-0.05, 0) is 43.9 Å². The molecule has 112 valence electrons. The number of ether oxygens (including phenoxy) is 1. The molecule has 3 nitrogen and oxygen atoms in total. The van der Waals surface area contributed by atoms with Crippen molar-refractivity contribution < 1.29 is 9.53 Å². The number of carbonyl (C=O) groups is 1. The van der Waals surface area contributed by atoms with Crippen molar-refractivity contribution in [1.82, 2.24) is 5.32 Å². The molecule has 1 N–H and O–H groups in total. The number of carbonyl (C=O) groups excluding carboxylic acids is 1. The van der Waals surface area contributed by atoms with Gasteiger partial charge >= 0.3 is 5.97 Å². The zero-order valence-electron chi connectivity index (χ0n) is 13.1. The fraction of sp³-hybridized carbons (Fsp3) is 0.588. The van der Waals surface area contributed by atoms with Gasteiger partial charge in [-0.15, -0.1) is 0 Å². The van der Waals surface area contributed by atoms with Crippen molar-refractivity contribution in [2.24, 2.45) is 5.92 Å². The molecule has 0 aliphatic carbocycles. The van der Waals surface area contributed by atoms with E-state index < -0.39 is 0 Å². The number of hydrogen-bond donors (Lipinski definition) is 1. The Kier molecular flexibility index (Phi) is 7.31. The van der Waals surface area contributed by atoms with Gasteiger partial charge in [-0.1, -0.05) is 38.1 Å². The molecule has 0 saturated heterocycles. The lowest BCUT2D eigenvalue weighted by atomic mass is 9.98. The quantitative estimate of drug-likeness (QED) is 0.742. The van der Waals surface area contributed by atoms with Crippen LogP contribution in [0.15, 0.2) is 24.3 Å². The standard InChI is InChI=1S/C17H27NO2/c1-5-20-17(19)12-16(18-4)11-15-8-6-14(7-9-15)10-13(2)3/h6-9,13,16,18H,5,10-12H2,1-4H3. The van der Waals surface area contributed by atoms with Crippen LogP contribution in [0.3, 0.4) is 0 Å². The highest BCUT2D eigenvalue weighted by atomic mass is 16.5. The van der Waals surface area contributed by atoms with Crippen LogP contribution in [0.1, 0.15) is 38.3 Å². The summed E-state index contributed by atoms with van der Waals surface area (Å²) in [5.41, 5.74) is 2.62. The minimum Gasteiger partial charge on any atom is -0.466 e. The molecule has 1 atom stereocenters. The molecule has 0 aliphatic heterocycles. The Hall–Kier alpha value is -1.35. The van der Waals surface area contributed by atoms with E-state index in [-0.39, 0.29) is 12.0 Å². The molecule has 0 heterocycles. The molecule has 0 bridgehead atoms. The van der Waals surface area contributed by atoms with Gasteiger partial charge in [0.05, 0.1) is 13.0 Å². The van der Waals surface area contributed by atoms with Crippen LogP contribution in [-0.4, -0.2) is 25.7 Å². The van der Waals surface area contributed by atoms with Crippen LogP contribution in [0.4, 0.5) is 0 Å². The topological polar surface area (TPSA) is 38.3 Å². The first kappa shape index (κ1) is 16.7. The van der Waals surface area contributed by atoms with Gasteiger partial charge in [0.25, 0.3) is 0 Å². The lowest BCUT2D eigenvalue weighted by Gasteiger charge is -2.15. The van der Waals surface area contributed by atoms with Crippen LogP contribution >= 0.6 is 0 Å². The van der Waals surface area contributed by atoms with Gasteiger partial charge in [0.15, 0.2) is 0 Å². The van der Waals surface area contributed by atoms with E-state index in [1.165, 1.54) is 11.1 Å². The third-order valence-corrected chi connectivity index (χ3v) is 3.28. The van der Waals surface area contributed by atoms with Gasteiger partial charge in [-0.25, -0.2) is 0 Å². The Morgan fingerprint density at radius 3 is 2.15 bits per heavy atom. The summed E-state index contributed by atoms with van der Waals surface area (Å²) >= 11 is 0. The summed E-state index contributed by atoms with van der Waals surface area (Å²) in [7, 11) is 1.89. The van der Waals surface area contributed by atoms with E-state index in [2.05, 4.69) is 43.4 Å². The number of rotatable bonds is 8. The molecular weight excluding hydrogens is 250 g/mol. The van der Waals surface area contributed by atoms with E-state index in [0.717, 1.165) is 12.8 Å². The molecule has 0 saturated carbocycles. The monoisotopic (exact) mass is 277 g/mol. The minimum atomic E-state index is -0.136. The number of nitrogens with one attached hydrogen (secondary N) is 1. The second-order valence-electron chi connectivity index (χ2n) is 5.61. The first-order chi connectivity index (χ1) is 9.55. The van der Waals surface area contributed by atoms with Crippen LogP contribution < -0.4 is 5.32 Å². The molecule has 0 fully saturated rings. The maximum Gasteiger partial charge on any atom is 0.307 e. The van der Waals surface area contributed by atoms with E-state index in [0.29, 0.717) is 18.9 Å². The highest BCUT2D eigenvalue weighted by molar-refractivity contribution is 5.70. The molecule has 0 radical (unpaired) electrons. The van der Waals surface area contributed by atoms with Gasteiger partial charge < -0.3 is 10.1 Å². The van der Waals surface area contributed by atoms with Crippen LogP contribution in [0.2, 0.25) is 0 Å². The van der Waals surface area contributed by atoms with E-state index in [9.17, 15) is 4.79 Å². The van der Waals surface area contributed by atoms with Crippen LogP contribution in [0.5, 0.6) is 0 Å². The van der Waals surface area contributed by atoms with Crippen molar-refractivity contribution in [3.63, 3.8) is 0 Å². The Bertz CT molecular complexity index is 398. The minimum absolute atomic E-state index is 0.130. The summed E-state index contributed by atoms with van der Waals surface area (Å²) < 4.78 is 5.00. The third-order valence-electron chi connectivity index (χ3n) is 3.28. The molecule has 1 aromatic rings. The lowest BCUT2D eigenvalue weighted by Crippen LogP contribution is -2.31. The Balaban J connectivity index is 2.54. The van der Waals surface area contributed by atoms with Crippen LogP contribution in [-0.2, 0) is 22.4 Å². The number of hydrogen-bond acceptors (Lipinski definition) is 3. The molecule has 0 spiro atoms. The van der Waals surface area contributed by atoms with Gasteiger partial charge in [0.2, 0.25) is 0 Å². The summed E-state index contributed by atoms with van der Waals surface area (Å²) in [5, 5.41) is 3.19.